The highest BCUT2D eigenvalue weighted by Crippen LogP contribution is 2.12. The minimum Gasteiger partial charge on any atom is -0.376 e. The van der Waals surface area contributed by atoms with Crippen LogP contribution in [0.25, 0.3) is 0 Å². The summed E-state index contributed by atoms with van der Waals surface area (Å²) in [5, 5.41) is 2.90. The summed E-state index contributed by atoms with van der Waals surface area (Å²) >= 11 is 0. The normalized spacial score (nSPS) is 18.6. The third-order valence-corrected chi connectivity index (χ3v) is 3.13. The Hall–Kier alpha value is -1.55. The second kappa shape index (κ2) is 6.40. The molecule has 1 atom stereocenters. The first-order valence-corrected chi connectivity index (χ1v) is 6.40. The number of nitrogens with one attached hydrogen (secondary N) is 1. The maximum Gasteiger partial charge on any atom is 0.317 e. The smallest absolute Gasteiger partial charge is 0.317 e. The fourth-order valence-electron chi connectivity index (χ4n) is 2.09. The van der Waals surface area contributed by atoms with E-state index < -0.39 is 0 Å². The van der Waals surface area contributed by atoms with Crippen LogP contribution in [0.4, 0.5) is 4.79 Å². The Bertz CT molecular complexity index is 375. The highest BCUT2D eigenvalue weighted by atomic mass is 16.5. The fourth-order valence-corrected chi connectivity index (χ4v) is 2.09. The summed E-state index contributed by atoms with van der Waals surface area (Å²) in [5.41, 5.74) is 1.11. The molecule has 0 spiro atoms. The zero-order valence-corrected chi connectivity index (χ0v) is 10.8. The first kappa shape index (κ1) is 12.9. The largest absolute Gasteiger partial charge is 0.376 e. The van der Waals surface area contributed by atoms with Crippen LogP contribution in [-0.2, 0) is 11.3 Å². The molecule has 1 saturated heterocycles. The lowest BCUT2D eigenvalue weighted by Crippen LogP contribution is -2.40. The van der Waals surface area contributed by atoms with Gasteiger partial charge < -0.3 is 15.0 Å². The van der Waals surface area contributed by atoms with Gasteiger partial charge in [-0.3, -0.25) is 0 Å². The van der Waals surface area contributed by atoms with Gasteiger partial charge >= 0.3 is 6.03 Å². The number of amides is 2. The van der Waals surface area contributed by atoms with Crippen molar-refractivity contribution in [1.29, 1.82) is 0 Å². The Morgan fingerprint density at radius 3 is 2.89 bits per heavy atom. The second-order valence-corrected chi connectivity index (χ2v) is 4.66. The number of likely N-dealkylation sites (N-methyl/N-ethyl adjacent to an activating group) is 1. The molecule has 1 aliphatic rings. The van der Waals surface area contributed by atoms with Crippen LogP contribution in [0.1, 0.15) is 18.4 Å². The average molecular weight is 248 g/mol. The van der Waals surface area contributed by atoms with Crippen LogP contribution in [0.3, 0.4) is 0 Å². The number of nitrogens with zero attached hydrogens (tertiary/aromatic N) is 1. The van der Waals surface area contributed by atoms with E-state index >= 15 is 0 Å². The van der Waals surface area contributed by atoms with Gasteiger partial charge in [0.05, 0.1) is 6.10 Å². The molecule has 0 bridgehead atoms. The van der Waals surface area contributed by atoms with Crippen LogP contribution in [0.5, 0.6) is 0 Å². The minimum atomic E-state index is -0.0469. The molecule has 1 aliphatic heterocycles. The molecular weight excluding hydrogens is 228 g/mol. The summed E-state index contributed by atoms with van der Waals surface area (Å²) < 4.78 is 5.51. The van der Waals surface area contributed by atoms with E-state index in [1.807, 2.05) is 37.4 Å². The first-order valence-electron chi connectivity index (χ1n) is 6.40. The van der Waals surface area contributed by atoms with Gasteiger partial charge in [-0.25, -0.2) is 4.79 Å². The van der Waals surface area contributed by atoms with Gasteiger partial charge in [0, 0.05) is 26.7 Å². The number of ether oxygens (including phenoxy) is 1. The van der Waals surface area contributed by atoms with Crippen molar-refractivity contribution < 1.29 is 9.53 Å². The first-order chi connectivity index (χ1) is 8.75. The zero-order chi connectivity index (χ0) is 12.8. The number of hydrogen-bond donors (Lipinski definition) is 1. The molecule has 1 aromatic rings. The van der Waals surface area contributed by atoms with Gasteiger partial charge in [0.2, 0.25) is 0 Å². The molecule has 1 N–H and O–H groups in total. The van der Waals surface area contributed by atoms with E-state index in [1.165, 1.54) is 0 Å². The molecule has 0 saturated carbocycles. The molecule has 4 heteroatoms. The van der Waals surface area contributed by atoms with Crippen molar-refractivity contribution in [3.63, 3.8) is 0 Å². The summed E-state index contributed by atoms with van der Waals surface area (Å²) in [6.07, 6.45) is 2.36. The standard InChI is InChI=1S/C14H20N2O2/c1-16(11-13-8-5-9-18-13)14(17)15-10-12-6-3-2-4-7-12/h2-4,6-7,13H,5,8-11H2,1H3,(H,15,17)/t13-/m0/s1. The number of carbonyl (C=O) groups is 1. The molecule has 1 aromatic carbocycles. The summed E-state index contributed by atoms with van der Waals surface area (Å²) in [6, 6.07) is 9.86. The summed E-state index contributed by atoms with van der Waals surface area (Å²) in [6.45, 7) is 2.06. The quantitative estimate of drug-likeness (QED) is 0.885. The van der Waals surface area contributed by atoms with Gasteiger partial charge in [-0.15, -0.1) is 0 Å². The van der Waals surface area contributed by atoms with Crippen molar-refractivity contribution in [3.05, 3.63) is 35.9 Å². The maximum absolute atomic E-state index is 11.9. The third kappa shape index (κ3) is 3.74. The van der Waals surface area contributed by atoms with E-state index in [4.69, 9.17) is 4.74 Å². The van der Waals surface area contributed by atoms with E-state index in [0.29, 0.717) is 13.1 Å². The molecule has 1 fully saturated rings. The predicted octanol–water partition coefficient (Wildman–Crippen LogP) is 2.01. The maximum atomic E-state index is 11.9. The minimum absolute atomic E-state index is 0.0469. The van der Waals surface area contributed by atoms with Crippen molar-refractivity contribution in [3.8, 4) is 0 Å². The highest BCUT2D eigenvalue weighted by Gasteiger charge is 2.19. The van der Waals surface area contributed by atoms with E-state index in [-0.39, 0.29) is 12.1 Å². The summed E-state index contributed by atoms with van der Waals surface area (Å²) in [7, 11) is 1.81. The van der Waals surface area contributed by atoms with Crippen LogP contribution >= 0.6 is 0 Å². The molecule has 4 nitrogen and oxygen atoms in total. The molecule has 1 heterocycles. The van der Waals surface area contributed by atoms with Crippen molar-refractivity contribution in [2.24, 2.45) is 0 Å². The molecule has 98 valence electrons. The van der Waals surface area contributed by atoms with Crippen molar-refractivity contribution in [2.75, 3.05) is 20.2 Å². The van der Waals surface area contributed by atoms with E-state index in [2.05, 4.69) is 5.32 Å². The topological polar surface area (TPSA) is 41.6 Å². The fraction of sp³-hybridized carbons (Fsp3) is 0.500. The van der Waals surface area contributed by atoms with E-state index in [0.717, 1.165) is 25.0 Å². The number of carbonyl (C=O) groups excluding carboxylic acids is 1. The number of urea groups is 1. The molecule has 0 aromatic heterocycles. The lowest BCUT2D eigenvalue weighted by molar-refractivity contribution is 0.0874. The number of benzene rings is 1. The van der Waals surface area contributed by atoms with E-state index in [9.17, 15) is 4.79 Å². The predicted molar refractivity (Wildman–Crippen MR) is 70.3 cm³/mol. The van der Waals surface area contributed by atoms with Crippen LogP contribution in [0.2, 0.25) is 0 Å². The van der Waals surface area contributed by atoms with Gasteiger partial charge in [-0.2, -0.15) is 0 Å². The summed E-state index contributed by atoms with van der Waals surface area (Å²) in [4.78, 5) is 13.6. The van der Waals surface area contributed by atoms with Gasteiger partial charge in [0.1, 0.15) is 0 Å². The van der Waals surface area contributed by atoms with Gasteiger partial charge in [0.25, 0.3) is 0 Å². The monoisotopic (exact) mass is 248 g/mol. The Balaban J connectivity index is 1.73. The average Bonchev–Trinajstić information content (AvgIpc) is 2.90. The highest BCUT2D eigenvalue weighted by molar-refractivity contribution is 5.73. The second-order valence-electron chi connectivity index (χ2n) is 4.66. The van der Waals surface area contributed by atoms with Crippen molar-refractivity contribution in [1.82, 2.24) is 10.2 Å². The van der Waals surface area contributed by atoms with Crippen LogP contribution in [0.15, 0.2) is 30.3 Å². The van der Waals surface area contributed by atoms with Gasteiger partial charge in [-0.05, 0) is 18.4 Å². The van der Waals surface area contributed by atoms with Gasteiger partial charge in [0.15, 0.2) is 0 Å². The number of hydrogen-bond acceptors (Lipinski definition) is 2. The Labute approximate surface area is 108 Å². The summed E-state index contributed by atoms with van der Waals surface area (Å²) in [5.74, 6) is 0. The lowest BCUT2D eigenvalue weighted by atomic mass is 10.2. The Morgan fingerprint density at radius 1 is 1.44 bits per heavy atom. The van der Waals surface area contributed by atoms with Crippen LogP contribution in [-0.4, -0.2) is 37.2 Å². The van der Waals surface area contributed by atoms with Crippen LogP contribution < -0.4 is 5.32 Å². The molecule has 18 heavy (non-hydrogen) atoms. The molecular formula is C14H20N2O2. The molecule has 2 rings (SSSR count). The molecule has 0 aliphatic carbocycles. The zero-order valence-electron chi connectivity index (χ0n) is 10.8. The third-order valence-electron chi connectivity index (χ3n) is 3.13. The van der Waals surface area contributed by atoms with Crippen molar-refractivity contribution in [2.45, 2.75) is 25.5 Å². The Morgan fingerprint density at radius 2 is 2.22 bits per heavy atom. The SMILES string of the molecule is CN(C[C@@H]1CCCO1)C(=O)NCc1ccccc1. The number of rotatable bonds is 4. The lowest BCUT2D eigenvalue weighted by Gasteiger charge is -2.21. The van der Waals surface area contributed by atoms with Crippen LogP contribution in [0, 0.1) is 0 Å². The van der Waals surface area contributed by atoms with Gasteiger partial charge in [-0.1, -0.05) is 30.3 Å². The van der Waals surface area contributed by atoms with Crippen molar-refractivity contribution >= 4 is 6.03 Å². The van der Waals surface area contributed by atoms with E-state index in [1.54, 1.807) is 4.90 Å². The Kier molecular flexibility index (Phi) is 4.59. The molecule has 2 amide bonds. The molecule has 0 radical (unpaired) electrons. The molecule has 0 unspecified atom stereocenters.